The van der Waals surface area contributed by atoms with Gasteiger partial charge in [0.1, 0.15) is 16.9 Å². The minimum absolute atomic E-state index is 0.562. The number of halogens is 7. The van der Waals surface area contributed by atoms with E-state index in [9.17, 15) is 30.4 Å². The van der Waals surface area contributed by atoms with Crippen LogP contribution in [0.5, 0.6) is 0 Å². The van der Waals surface area contributed by atoms with Crippen LogP contribution in [-0.2, 0) is 20.2 Å². The zero-order valence-corrected chi connectivity index (χ0v) is 11.8. The number of hydrogen-bond acceptors (Lipinski definition) is 6. The Labute approximate surface area is 124 Å². The molecule has 0 saturated heterocycles. The van der Waals surface area contributed by atoms with Gasteiger partial charge in [-0.3, -0.25) is 4.18 Å². The molecular weight excluding hydrogens is 372 g/mol. The lowest BCUT2D eigenvalue weighted by atomic mass is 10.2. The van der Waals surface area contributed by atoms with Gasteiger partial charge in [0.05, 0.1) is 5.56 Å². The molecule has 0 unspecified atom stereocenters. The van der Waals surface area contributed by atoms with E-state index in [1.807, 2.05) is 0 Å². The normalized spacial score (nSPS) is 13.5. The molecule has 1 rings (SSSR count). The first-order valence-electron chi connectivity index (χ1n) is 4.60. The Morgan fingerprint density at radius 1 is 1.10 bits per heavy atom. The zero-order valence-electron chi connectivity index (χ0n) is 9.46. The number of aromatic nitrogens is 2. The van der Waals surface area contributed by atoms with E-state index in [4.69, 9.17) is 28.9 Å². The maximum atomic E-state index is 13.7. The van der Waals surface area contributed by atoms with Gasteiger partial charge in [0, 0.05) is 0 Å². The largest absolute Gasteiger partial charge is 0.523 e. The number of rotatable bonds is 4. The Balaban J connectivity index is 3.09. The van der Waals surface area contributed by atoms with Crippen LogP contribution in [0, 0.1) is 0 Å². The Bertz CT molecular complexity index is 628. The lowest BCUT2D eigenvalue weighted by Gasteiger charge is -2.18. The lowest BCUT2D eigenvalue weighted by molar-refractivity contribution is -0.0747. The Kier molecular flexibility index (Phi) is 4.87. The first kappa shape index (κ1) is 18.1. The fourth-order valence-corrected chi connectivity index (χ4v) is 2.13. The highest BCUT2D eigenvalue weighted by Gasteiger charge is 2.50. The Morgan fingerprint density at radius 2 is 1.52 bits per heavy atom. The summed E-state index contributed by atoms with van der Waals surface area (Å²) in [6, 6.07) is 0. The van der Waals surface area contributed by atoms with Gasteiger partial charge in [-0.15, -0.1) is 0 Å². The second-order valence-corrected chi connectivity index (χ2v) is 5.73. The van der Waals surface area contributed by atoms with Gasteiger partial charge in [-0.2, -0.15) is 30.4 Å². The highest BCUT2D eigenvalue weighted by molar-refractivity contribution is 7.87. The maximum Gasteiger partial charge on any atom is 0.523 e. The van der Waals surface area contributed by atoms with Crippen LogP contribution in [-0.4, -0.2) is 30.5 Å². The third-order valence-corrected chi connectivity index (χ3v) is 3.42. The number of alkyl halides is 5. The van der Waals surface area contributed by atoms with Crippen molar-refractivity contribution in [1.29, 1.82) is 0 Å². The van der Waals surface area contributed by atoms with Crippen molar-refractivity contribution in [3.05, 3.63) is 15.9 Å². The van der Waals surface area contributed by atoms with Gasteiger partial charge in [-0.05, 0) is 0 Å². The molecule has 0 aliphatic rings. The van der Waals surface area contributed by atoms with E-state index in [1.54, 1.807) is 0 Å². The van der Waals surface area contributed by atoms with Crippen LogP contribution in [0.4, 0.5) is 27.9 Å². The quantitative estimate of drug-likeness (QED) is 0.375. The van der Waals surface area contributed by atoms with E-state index in [2.05, 4.69) is 14.2 Å². The van der Waals surface area contributed by atoms with Crippen LogP contribution in [0.3, 0.4) is 0 Å². The summed E-state index contributed by atoms with van der Waals surface area (Å²) in [5.74, 6) is -4.87. The van der Waals surface area contributed by atoms with Crippen LogP contribution in [0.1, 0.15) is 5.56 Å². The fraction of sp³-hybridized carbons (Fsp3) is 0.429. The minimum Gasteiger partial charge on any atom is -0.368 e. The molecule has 0 bridgehead atoms. The molecule has 1 aromatic rings. The average Bonchev–Trinajstić information content (AvgIpc) is 2.23. The van der Waals surface area contributed by atoms with Crippen molar-refractivity contribution in [3.8, 4) is 0 Å². The molecule has 6 nitrogen and oxygen atoms in total. The Hall–Kier alpha value is -0.980. The molecule has 0 saturated carbocycles. The summed E-state index contributed by atoms with van der Waals surface area (Å²) in [7, 11) is -6.20. The number of nitrogens with zero attached hydrogens (tertiary/aromatic N) is 2. The van der Waals surface area contributed by atoms with Crippen LogP contribution >= 0.6 is 23.2 Å². The third-order valence-electron chi connectivity index (χ3n) is 1.88. The van der Waals surface area contributed by atoms with Crippen molar-refractivity contribution in [2.24, 2.45) is 0 Å². The van der Waals surface area contributed by atoms with Gasteiger partial charge in [0.2, 0.25) is 5.95 Å². The maximum absolute atomic E-state index is 13.7. The monoisotopic (exact) mass is 375 g/mol. The number of nitrogen functional groups attached to an aromatic ring is 1. The first-order chi connectivity index (χ1) is 9.28. The van der Waals surface area contributed by atoms with Crippen LogP contribution in [0.25, 0.3) is 0 Å². The molecule has 0 spiro atoms. The van der Waals surface area contributed by atoms with Gasteiger partial charge in [-0.1, -0.05) is 23.2 Å². The van der Waals surface area contributed by atoms with Gasteiger partial charge in [-0.25, -0.2) is 9.97 Å². The van der Waals surface area contributed by atoms with E-state index in [0.717, 1.165) is 0 Å². The number of nitrogens with two attached hydrogens (primary N) is 1. The summed E-state index contributed by atoms with van der Waals surface area (Å²) < 4.78 is 87.6. The standard InChI is InChI=1S/C7H4Cl2F5N3O3S/c8-3-2(4(9)17-5(15)16-3)6(10,11)1-20-21(18,19)7(12,13)14/h1H2,(H2,15,16,17). The van der Waals surface area contributed by atoms with Gasteiger partial charge in [0.25, 0.3) is 0 Å². The number of anilines is 1. The Morgan fingerprint density at radius 3 is 1.90 bits per heavy atom. The molecule has 1 heterocycles. The summed E-state index contributed by atoms with van der Waals surface area (Å²) in [6.45, 7) is -2.19. The molecule has 1 aromatic heterocycles. The molecule has 2 N–H and O–H groups in total. The topological polar surface area (TPSA) is 95.2 Å². The molecule has 0 atom stereocenters. The van der Waals surface area contributed by atoms with Crippen molar-refractivity contribution < 1.29 is 34.6 Å². The molecule has 0 aromatic carbocycles. The molecule has 21 heavy (non-hydrogen) atoms. The smallest absolute Gasteiger partial charge is 0.368 e. The number of hydrogen-bond donors (Lipinski definition) is 1. The zero-order chi connectivity index (χ0) is 16.6. The van der Waals surface area contributed by atoms with Crippen molar-refractivity contribution >= 4 is 39.3 Å². The predicted molar refractivity (Wildman–Crippen MR) is 61.3 cm³/mol. The minimum atomic E-state index is -6.20. The van der Waals surface area contributed by atoms with Crippen LogP contribution in [0.2, 0.25) is 10.3 Å². The van der Waals surface area contributed by atoms with Crippen molar-refractivity contribution in [3.63, 3.8) is 0 Å². The van der Waals surface area contributed by atoms with Crippen LogP contribution in [0.15, 0.2) is 0 Å². The molecule has 0 aliphatic heterocycles. The second-order valence-electron chi connectivity index (χ2n) is 3.40. The molecule has 0 amide bonds. The van der Waals surface area contributed by atoms with E-state index < -0.39 is 50.0 Å². The van der Waals surface area contributed by atoms with Crippen molar-refractivity contribution in [2.45, 2.75) is 11.4 Å². The fourth-order valence-electron chi connectivity index (χ4n) is 1.02. The van der Waals surface area contributed by atoms with E-state index in [1.165, 1.54) is 0 Å². The molecule has 0 fully saturated rings. The highest BCUT2D eigenvalue weighted by atomic mass is 35.5. The summed E-state index contributed by atoms with van der Waals surface area (Å²) in [6.07, 6.45) is 0. The van der Waals surface area contributed by atoms with E-state index >= 15 is 0 Å². The van der Waals surface area contributed by atoms with Gasteiger partial charge >= 0.3 is 21.5 Å². The molecule has 14 heteroatoms. The molecule has 0 radical (unpaired) electrons. The van der Waals surface area contributed by atoms with Crippen molar-refractivity contribution in [2.75, 3.05) is 12.3 Å². The molecule has 120 valence electrons. The lowest BCUT2D eigenvalue weighted by Crippen LogP contribution is -2.31. The van der Waals surface area contributed by atoms with Crippen molar-refractivity contribution in [1.82, 2.24) is 9.97 Å². The van der Waals surface area contributed by atoms with Crippen LogP contribution < -0.4 is 5.73 Å². The third kappa shape index (κ3) is 4.02. The first-order valence-corrected chi connectivity index (χ1v) is 6.77. The molecular formula is C7H4Cl2F5N3O3S. The predicted octanol–water partition coefficient (Wildman–Crippen LogP) is 2.32. The van der Waals surface area contributed by atoms with Gasteiger partial charge in [0.15, 0.2) is 0 Å². The summed E-state index contributed by atoms with van der Waals surface area (Å²) in [5, 5.41) is -1.91. The van der Waals surface area contributed by atoms with E-state index in [-0.39, 0.29) is 0 Å². The summed E-state index contributed by atoms with van der Waals surface area (Å²) >= 11 is 10.7. The SMILES string of the molecule is Nc1nc(Cl)c(C(F)(F)COS(=O)(=O)C(F)(F)F)c(Cl)n1. The average molecular weight is 376 g/mol. The highest BCUT2D eigenvalue weighted by Crippen LogP contribution is 2.38. The van der Waals surface area contributed by atoms with E-state index in [0.29, 0.717) is 0 Å². The summed E-state index contributed by atoms with van der Waals surface area (Å²) in [4.78, 5) is 6.27. The molecule has 0 aliphatic carbocycles. The second kappa shape index (κ2) is 5.66. The summed E-state index contributed by atoms with van der Waals surface area (Å²) in [5.41, 5.74) is -2.10. The van der Waals surface area contributed by atoms with Gasteiger partial charge < -0.3 is 5.73 Å².